The molecule has 1 saturated heterocycles. The monoisotopic (exact) mass is 506 g/mol. The average molecular weight is 507 g/mol. The number of anilines is 2. The van der Waals surface area contributed by atoms with Gasteiger partial charge in [-0.05, 0) is 63.8 Å². The Hall–Kier alpha value is -3.15. The zero-order valence-electron chi connectivity index (χ0n) is 25.0. The molecular formula is C31H46N4O2+2. The van der Waals surface area contributed by atoms with Gasteiger partial charge in [-0.25, -0.2) is 0 Å². The first kappa shape index (κ1) is 28.4. The van der Waals surface area contributed by atoms with Crippen molar-refractivity contribution in [2.45, 2.75) is 68.5 Å². The van der Waals surface area contributed by atoms with Gasteiger partial charge < -0.3 is 4.74 Å². The molecule has 2 aliphatic rings. The van der Waals surface area contributed by atoms with Crippen LogP contribution in [0.1, 0.15) is 54.2 Å². The Bertz CT molecular complexity index is 1140. The quantitative estimate of drug-likeness (QED) is 0.428. The van der Waals surface area contributed by atoms with E-state index in [2.05, 4.69) is 111 Å². The maximum absolute atomic E-state index is 10.3. The molecule has 1 fully saturated rings. The number of methoxy groups -OCH3 is 1. The molecule has 2 aromatic carbocycles. The van der Waals surface area contributed by atoms with E-state index in [9.17, 15) is 4.79 Å². The smallest absolute Gasteiger partial charge is 0.371 e. The molecule has 0 amide bonds. The minimum absolute atomic E-state index is 0.00463. The molecule has 2 heterocycles. The fraction of sp³-hybridized carbons (Fsp3) is 0.516. The Kier molecular flexibility index (Phi) is 8.51. The fourth-order valence-corrected chi connectivity index (χ4v) is 5.83. The number of carbonyl (C=O) groups excluding carboxylic acids is 1. The number of benzene rings is 2. The van der Waals surface area contributed by atoms with Crippen LogP contribution in [0.5, 0.6) is 0 Å². The maximum Gasteiger partial charge on any atom is 0.371 e. The van der Waals surface area contributed by atoms with Gasteiger partial charge in [0, 0.05) is 6.92 Å². The number of ether oxygens (including phenoxy) is 1. The van der Waals surface area contributed by atoms with Gasteiger partial charge >= 0.3 is 17.6 Å². The van der Waals surface area contributed by atoms with Gasteiger partial charge in [0.25, 0.3) is 0 Å². The third-order valence-corrected chi connectivity index (χ3v) is 7.32. The van der Waals surface area contributed by atoms with Crippen molar-refractivity contribution in [2.24, 2.45) is 5.92 Å². The van der Waals surface area contributed by atoms with E-state index < -0.39 is 0 Å². The first-order valence-corrected chi connectivity index (χ1v) is 13.3. The predicted octanol–water partition coefficient (Wildman–Crippen LogP) is 5.12. The lowest BCUT2D eigenvalue weighted by Gasteiger charge is -2.23. The summed E-state index contributed by atoms with van der Waals surface area (Å²) in [7, 11) is 5.86. The number of amidine groups is 2. The SMILES string of the molecule is COC(=O)C(C)C.Cc1cc(C)c(N2C3=[N+](C)CC[N+](C)=C3N(c3c(C)cc(C)cc3C)C2C)c(C)c1. The Morgan fingerprint density at radius 3 is 1.35 bits per heavy atom. The van der Waals surface area contributed by atoms with Crippen LogP contribution in [0.2, 0.25) is 0 Å². The second-order valence-corrected chi connectivity index (χ2v) is 11.0. The van der Waals surface area contributed by atoms with Gasteiger partial charge in [-0.15, -0.1) is 0 Å². The van der Waals surface area contributed by atoms with Gasteiger partial charge in [0.1, 0.15) is 24.5 Å². The van der Waals surface area contributed by atoms with Crippen LogP contribution in [-0.2, 0) is 9.53 Å². The molecule has 0 radical (unpaired) electrons. The molecule has 0 atom stereocenters. The van der Waals surface area contributed by atoms with Crippen molar-refractivity contribution >= 4 is 29.0 Å². The molecule has 0 aliphatic carbocycles. The Morgan fingerprint density at radius 2 is 1.11 bits per heavy atom. The topological polar surface area (TPSA) is 38.8 Å². The van der Waals surface area contributed by atoms with E-state index in [4.69, 9.17) is 0 Å². The number of esters is 1. The summed E-state index contributed by atoms with van der Waals surface area (Å²) < 4.78 is 9.24. The molecule has 0 spiro atoms. The van der Waals surface area contributed by atoms with Crippen LogP contribution >= 0.6 is 0 Å². The molecule has 0 aromatic heterocycles. The highest BCUT2D eigenvalue weighted by Crippen LogP contribution is 2.38. The highest BCUT2D eigenvalue weighted by Gasteiger charge is 2.57. The molecule has 6 heteroatoms. The van der Waals surface area contributed by atoms with Gasteiger partial charge in [-0.2, -0.15) is 9.80 Å². The first-order valence-electron chi connectivity index (χ1n) is 13.3. The van der Waals surface area contributed by atoms with Crippen LogP contribution in [0.4, 0.5) is 11.4 Å². The third kappa shape index (κ3) is 5.43. The minimum Gasteiger partial charge on any atom is -0.469 e. The number of nitrogens with zero attached hydrogens (tertiary/aromatic N) is 4. The maximum atomic E-state index is 10.3. The van der Waals surface area contributed by atoms with Crippen LogP contribution < -0.4 is 9.80 Å². The Morgan fingerprint density at radius 1 is 0.784 bits per heavy atom. The lowest BCUT2D eigenvalue weighted by molar-refractivity contribution is -0.584. The van der Waals surface area contributed by atoms with Crippen molar-refractivity contribution in [1.29, 1.82) is 0 Å². The molecule has 0 bridgehead atoms. The largest absolute Gasteiger partial charge is 0.469 e. The molecule has 0 N–H and O–H groups in total. The summed E-state index contributed by atoms with van der Waals surface area (Å²) in [4.78, 5) is 15.4. The molecular weight excluding hydrogens is 460 g/mol. The summed E-state index contributed by atoms with van der Waals surface area (Å²) >= 11 is 0. The first-order chi connectivity index (χ1) is 17.3. The molecule has 200 valence electrons. The zero-order valence-corrected chi connectivity index (χ0v) is 25.0. The summed E-state index contributed by atoms with van der Waals surface area (Å²) in [5.74, 6) is 2.47. The lowest BCUT2D eigenvalue weighted by atomic mass is 10.0. The van der Waals surface area contributed by atoms with Gasteiger partial charge in [-0.1, -0.05) is 49.2 Å². The summed E-state index contributed by atoms with van der Waals surface area (Å²) in [6.45, 7) is 21.4. The Balaban J connectivity index is 0.000000479. The molecule has 4 rings (SSSR count). The molecule has 0 saturated carbocycles. The summed E-state index contributed by atoms with van der Waals surface area (Å²) in [5.41, 5.74) is 10.7. The third-order valence-electron chi connectivity index (χ3n) is 7.32. The molecule has 0 unspecified atom stereocenters. The zero-order chi connectivity index (χ0) is 27.8. The Labute approximate surface area is 223 Å². The van der Waals surface area contributed by atoms with Crippen molar-refractivity contribution in [3.05, 3.63) is 57.6 Å². The summed E-state index contributed by atoms with van der Waals surface area (Å²) in [6, 6.07) is 9.25. The lowest BCUT2D eigenvalue weighted by Crippen LogP contribution is -2.47. The number of hydrogen-bond acceptors (Lipinski definition) is 4. The van der Waals surface area contributed by atoms with Crippen LogP contribution in [0.3, 0.4) is 0 Å². The number of rotatable bonds is 3. The summed E-state index contributed by atoms with van der Waals surface area (Å²) in [6.07, 6.45) is 0.193. The van der Waals surface area contributed by atoms with Crippen molar-refractivity contribution in [3.8, 4) is 0 Å². The predicted molar refractivity (Wildman–Crippen MR) is 155 cm³/mol. The second-order valence-electron chi connectivity index (χ2n) is 11.0. The fourth-order valence-electron chi connectivity index (χ4n) is 5.83. The second kappa shape index (κ2) is 11.1. The van der Waals surface area contributed by atoms with Crippen molar-refractivity contribution in [3.63, 3.8) is 0 Å². The number of aryl methyl sites for hydroxylation is 6. The van der Waals surface area contributed by atoms with E-state index in [1.54, 1.807) is 13.8 Å². The standard InChI is InChI=1S/C26H36N4.C5H10O2/c1-16-12-18(3)23(19(4)13-16)29-22(7)30(24-20(5)14-17(2)15-21(24)6)26-25(29)27(8)10-11-28(26)9;1-4(2)5(6)7-3/h12-15,22H,10-11H2,1-9H3;4H,1-3H3/q+2;. The molecule has 37 heavy (non-hydrogen) atoms. The molecule has 2 aliphatic heterocycles. The normalized spacial score (nSPS) is 15.8. The van der Waals surface area contributed by atoms with Gasteiger partial charge in [0.05, 0.1) is 27.1 Å². The van der Waals surface area contributed by atoms with Gasteiger partial charge in [0.15, 0.2) is 0 Å². The van der Waals surface area contributed by atoms with Crippen LogP contribution in [0.25, 0.3) is 0 Å². The number of hydrogen-bond donors (Lipinski definition) is 0. The summed E-state index contributed by atoms with van der Waals surface area (Å²) in [5, 5.41) is 0. The number of fused-ring (bicyclic) bond motifs is 1. The number of carbonyl (C=O) groups is 1. The molecule has 6 nitrogen and oxygen atoms in total. The van der Waals surface area contributed by atoms with E-state index in [1.807, 2.05) is 0 Å². The van der Waals surface area contributed by atoms with E-state index in [1.165, 1.54) is 63.5 Å². The minimum atomic E-state index is -0.153. The van der Waals surface area contributed by atoms with Gasteiger partial charge in [-0.3, -0.25) is 13.9 Å². The van der Waals surface area contributed by atoms with Gasteiger partial charge in [0.2, 0.25) is 6.17 Å². The highest BCUT2D eigenvalue weighted by molar-refractivity contribution is 6.49. The van der Waals surface area contributed by atoms with Crippen LogP contribution in [0, 0.1) is 47.5 Å². The number of likely N-dealkylation sites (N-methyl/N-ethyl adjacent to an activating group) is 2. The van der Waals surface area contributed by atoms with E-state index in [0.717, 1.165) is 13.1 Å². The van der Waals surface area contributed by atoms with Crippen LogP contribution in [0.15, 0.2) is 24.3 Å². The van der Waals surface area contributed by atoms with E-state index in [0.29, 0.717) is 0 Å². The van der Waals surface area contributed by atoms with E-state index in [-0.39, 0.29) is 18.1 Å². The van der Waals surface area contributed by atoms with Crippen molar-refractivity contribution in [1.82, 2.24) is 0 Å². The van der Waals surface area contributed by atoms with Crippen LogP contribution in [-0.4, -0.2) is 67.3 Å². The van der Waals surface area contributed by atoms with Crippen molar-refractivity contribution in [2.75, 3.05) is 44.1 Å². The average Bonchev–Trinajstić information content (AvgIpc) is 3.09. The molecule has 2 aromatic rings. The van der Waals surface area contributed by atoms with E-state index >= 15 is 0 Å². The van der Waals surface area contributed by atoms with Crippen molar-refractivity contribution < 1.29 is 18.7 Å². The highest BCUT2D eigenvalue weighted by atomic mass is 16.5.